The molecule has 6 heteroatoms. The Morgan fingerprint density at radius 2 is 1.67 bits per heavy atom. The van der Waals surface area contributed by atoms with Gasteiger partial charge in [-0.1, -0.05) is 45.8 Å². The fraction of sp³-hybridized carbons (Fsp3) is 0.267. The third-order valence-corrected chi connectivity index (χ3v) is 3.98. The highest BCUT2D eigenvalue weighted by Crippen LogP contribution is 2.13. The van der Waals surface area contributed by atoms with Gasteiger partial charge in [-0.15, -0.1) is 0 Å². The number of carbonyl (C=O) groups excluding carboxylic acids is 1. The van der Waals surface area contributed by atoms with E-state index in [-0.39, 0.29) is 16.7 Å². The molecule has 0 N–H and O–H groups in total. The molecule has 0 saturated carbocycles. The first-order valence-corrected chi connectivity index (χ1v) is 7.46. The van der Waals surface area contributed by atoms with Gasteiger partial charge in [-0.25, -0.2) is 4.79 Å². The average molecular weight is 351 g/mol. The summed E-state index contributed by atoms with van der Waals surface area (Å²) in [5, 5.41) is 0.252. The molecule has 21 heavy (non-hydrogen) atoms. The normalized spacial score (nSPS) is 10.7. The van der Waals surface area contributed by atoms with Crippen LogP contribution in [0.3, 0.4) is 0 Å². The summed E-state index contributed by atoms with van der Waals surface area (Å²) in [6.07, 6.45) is 0. The topological polar surface area (TPSA) is 61.1 Å². The highest BCUT2D eigenvalue weighted by molar-refractivity contribution is 9.08. The zero-order valence-electron chi connectivity index (χ0n) is 12.0. The molecule has 0 fully saturated rings. The summed E-state index contributed by atoms with van der Waals surface area (Å²) < 4.78 is 2.27. The smallest absolute Gasteiger partial charge is 0.299 e. The van der Waals surface area contributed by atoms with E-state index in [2.05, 4.69) is 15.9 Å². The number of nitrogens with zero attached hydrogens (tertiary/aromatic N) is 2. The van der Waals surface area contributed by atoms with E-state index >= 15 is 0 Å². The molecular formula is C15H15BrN2O3. The van der Waals surface area contributed by atoms with E-state index in [1.54, 1.807) is 19.2 Å². The van der Waals surface area contributed by atoms with E-state index in [1.807, 2.05) is 19.1 Å². The number of aromatic nitrogens is 2. The second-order valence-electron chi connectivity index (χ2n) is 4.86. The number of rotatable bonds is 3. The highest BCUT2D eigenvalue weighted by Gasteiger charge is 2.22. The van der Waals surface area contributed by atoms with Crippen LogP contribution >= 0.6 is 15.9 Å². The SMILES string of the molecule is Cc1ccc(C(=O)c2c(CBr)n(C)c(=O)n(C)c2=O)cc1. The molecule has 0 atom stereocenters. The van der Waals surface area contributed by atoms with E-state index in [4.69, 9.17) is 0 Å². The fourth-order valence-corrected chi connectivity index (χ4v) is 2.78. The molecule has 0 aliphatic rings. The van der Waals surface area contributed by atoms with Gasteiger partial charge < -0.3 is 0 Å². The van der Waals surface area contributed by atoms with Crippen molar-refractivity contribution in [2.45, 2.75) is 12.3 Å². The maximum atomic E-state index is 12.6. The number of ketones is 1. The first kappa shape index (κ1) is 15.4. The lowest BCUT2D eigenvalue weighted by Crippen LogP contribution is -2.42. The van der Waals surface area contributed by atoms with Crippen molar-refractivity contribution in [2.75, 3.05) is 0 Å². The molecule has 0 aliphatic carbocycles. The minimum absolute atomic E-state index is 0.0281. The van der Waals surface area contributed by atoms with Crippen LogP contribution in [0.5, 0.6) is 0 Å². The zero-order valence-corrected chi connectivity index (χ0v) is 13.6. The van der Waals surface area contributed by atoms with Crippen LogP contribution in [0, 0.1) is 6.92 Å². The average Bonchev–Trinajstić information content (AvgIpc) is 2.48. The number of aryl methyl sites for hydroxylation is 1. The van der Waals surface area contributed by atoms with Crippen LogP contribution in [-0.4, -0.2) is 14.9 Å². The summed E-state index contributed by atoms with van der Waals surface area (Å²) in [6.45, 7) is 1.92. The van der Waals surface area contributed by atoms with Crippen LogP contribution in [-0.2, 0) is 19.4 Å². The summed E-state index contributed by atoms with van der Waals surface area (Å²) in [5.74, 6) is -0.374. The lowest BCUT2D eigenvalue weighted by Gasteiger charge is -2.12. The molecule has 0 saturated heterocycles. The first-order chi connectivity index (χ1) is 9.88. The molecule has 1 heterocycles. The first-order valence-electron chi connectivity index (χ1n) is 6.34. The van der Waals surface area contributed by atoms with Gasteiger partial charge in [-0.05, 0) is 6.92 Å². The number of halogens is 1. The summed E-state index contributed by atoms with van der Waals surface area (Å²) in [7, 11) is 2.92. The number of carbonyl (C=O) groups is 1. The second-order valence-corrected chi connectivity index (χ2v) is 5.42. The molecule has 0 bridgehead atoms. The van der Waals surface area contributed by atoms with Crippen LogP contribution in [0.1, 0.15) is 27.2 Å². The molecule has 1 aromatic heterocycles. The van der Waals surface area contributed by atoms with Crippen LogP contribution in [0.25, 0.3) is 0 Å². The van der Waals surface area contributed by atoms with E-state index in [0.717, 1.165) is 10.1 Å². The lowest BCUT2D eigenvalue weighted by molar-refractivity contribution is 0.103. The maximum absolute atomic E-state index is 12.6. The predicted octanol–water partition coefficient (Wildman–Crippen LogP) is 1.52. The van der Waals surface area contributed by atoms with Gasteiger partial charge in [-0.3, -0.25) is 18.7 Å². The number of hydrogen-bond donors (Lipinski definition) is 0. The van der Waals surface area contributed by atoms with Crippen LogP contribution in [0.4, 0.5) is 0 Å². The molecule has 0 amide bonds. The Morgan fingerprint density at radius 3 is 2.19 bits per heavy atom. The Hall–Kier alpha value is -1.95. The van der Waals surface area contributed by atoms with Crippen molar-refractivity contribution < 1.29 is 4.79 Å². The summed E-state index contributed by atoms with van der Waals surface area (Å²) >= 11 is 3.24. The molecule has 0 spiro atoms. The Labute approximate surface area is 130 Å². The highest BCUT2D eigenvalue weighted by atomic mass is 79.9. The largest absolute Gasteiger partial charge is 0.330 e. The van der Waals surface area contributed by atoms with Crippen LogP contribution < -0.4 is 11.2 Å². The van der Waals surface area contributed by atoms with Crippen LogP contribution in [0.2, 0.25) is 0 Å². The maximum Gasteiger partial charge on any atom is 0.330 e. The van der Waals surface area contributed by atoms with Crippen molar-refractivity contribution in [2.24, 2.45) is 14.1 Å². The quantitative estimate of drug-likeness (QED) is 0.622. The van der Waals surface area contributed by atoms with Gasteiger partial charge in [0.25, 0.3) is 5.56 Å². The van der Waals surface area contributed by atoms with Crippen molar-refractivity contribution in [1.82, 2.24) is 9.13 Å². The van der Waals surface area contributed by atoms with Gasteiger partial charge in [0.15, 0.2) is 5.78 Å². The summed E-state index contributed by atoms with van der Waals surface area (Å²) in [6, 6.07) is 6.99. The van der Waals surface area contributed by atoms with Crippen molar-refractivity contribution in [1.29, 1.82) is 0 Å². The van der Waals surface area contributed by atoms with Gasteiger partial charge in [0.1, 0.15) is 5.56 Å². The molecule has 110 valence electrons. The van der Waals surface area contributed by atoms with E-state index in [9.17, 15) is 14.4 Å². The number of hydrogen-bond acceptors (Lipinski definition) is 3. The standard InChI is InChI=1S/C15H15BrN2O3/c1-9-4-6-10(7-5-9)13(19)12-11(8-16)17(2)15(21)18(3)14(12)20/h4-7H,8H2,1-3H3. The molecule has 5 nitrogen and oxygen atoms in total. The van der Waals surface area contributed by atoms with Gasteiger partial charge >= 0.3 is 5.69 Å². The summed E-state index contributed by atoms with van der Waals surface area (Å²) in [4.78, 5) is 36.9. The third-order valence-electron chi connectivity index (χ3n) is 3.45. The predicted molar refractivity (Wildman–Crippen MR) is 84.2 cm³/mol. The lowest BCUT2D eigenvalue weighted by atomic mass is 10.0. The minimum atomic E-state index is -0.571. The molecule has 0 unspecified atom stereocenters. The van der Waals surface area contributed by atoms with E-state index in [1.165, 1.54) is 11.6 Å². The van der Waals surface area contributed by atoms with Crippen molar-refractivity contribution in [3.05, 3.63) is 67.5 Å². The monoisotopic (exact) mass is 350 g/mol. The second kappa shape index (κ2) is 5.81. The van der Waals surface area contributed by atoms with Gasteiger partial charge in [0, 0.05) is 30.7 Å². The molecule has 2 aromatic rings. The Balaban J connectivity index is 2.74. The Bertz CT molecular complexity index is 817. The van der Waals surface area contributed by atoms with Gasteiger partial charge in [-0.2, -0.15) is 0 Å². The fourth-order valence-electron chi connectivity index (χ4n) is 2.12. The molecular weight excluding hydrogens is 336 g/mol. The minimum Gasteiger partial charge on any atom is -0.299 e. The van der Waals surface area contributed by atoms with Crippen molar-refractivity contribution in [3.63, 3.8) is 0 Å². The van der Waals surface area contributed by atoms with Crippen molar-refractivity contribution in [3.8, 4) is 0 Å². The Morgan fingerprint density at radius 1 is 1.10 bits per heavy atom. The number of benzene rings is 1. The van der Waals surface area contributed by atoms with Crippen molar-refractivity contribution >= 4 is 21.7 Å². The van der Waals surface area contributed by atoms with Gasteiger partial charge in [0.2, 0.25) is 0 Å². The molecule has 1 aromatic carbocycles. The molecule has 0 radical (unpaired) electrons. The van der Waals surface area contributed by atoms with E-state index < -0.39 is 11.2 Å². The third kappa shape index (κ3) is 2.63. The van der Waals surface area contributed by atoms with E-state index in [0.29, 0.717) is 11.3 Å². The Kier molecular flexibility index (Phi) is 4.27. The number of alkyl halides is 1. The molecule has 0 aliphatic heterocycles. The zero-order chi connectivity index (χ0) is 15.7. The van der Waals surface area contributed by atoms with Crippen LogP contribution in [0.15, 0.2) is 33.9 Å². The van der Waals surface area contributed by atoms with Gasteiger partial charge in [0.05, 0.1) is 0 Å². The summed E-state index contributed by atoms with van der Waals surface area (Å²) in [5.41, 5.74) is 0.848. The molecule has 2 rings (SSSR count).